The van der Waals surface area contributed by atoms with Crippen LogP contribution < -0.4 is 5.32 Å². The van der Waals surface area contributed by atoms with Gasteiger partial charge in [0.15, 0.2) is 0 Å². The number of amides is 1. The number of halogens is 6. The second-order valence-electron chi connectivity index (χ2n) is 8.31. The molecule has 204 valence electrons. The number of hydrogen-bond donors (Lipinski definition) is 3. The summed E-state index contributed by atoms with van der Waals surface area (Å²) in [5.41, 5.74) is 1.28. The Morgan fingerprint density at radius 1 is 1.08 bits per heavy atom. The number of hydrogen-bond acceptors (Lipinski definition) is 6. The zero-order valence-corrected chi connectivity index (χ0v) is 19.3. The number of alkyl halides is 6. The number of rotatable bonds is 4. The van der Waals surface area contributed by atoms with Crippen LogP contribution in [0.1, 0.15) is 32.3 Å². The molecule has 3 heterocycles. The van der Waals surface area contributed by atoms with Crippen molar-refractivity contribution >= 4 is 17.8 Å². The van der Waals surface area contributed by atoms with Crippen LogP contribution in [0.3, 0.4) is 0 Å². The summed E-state index contributed by atoms with van der Waals surface area (Å²) in [5, 5.41) is 17.2. The van der Waals surface area contributed by atoms with E-state index in [0.717, 1.165) is 32.5 Å². The average Bonchev–Trinajstić information content (AvgIpc) is 3.17. The van der Waals surface area contributed by atoms with Crippen molar-refractivity contribution in [2.24, 2.45) is 5.92 Å². The number of fused-ring (bicyclic) bond motifs is 1. The van der Waals surface area contributed by atoms with Crippen LogP contribution in [0.15, 0.2) is 24.5 Å². The van der Waals surface area contributed by atoms with Crippen LogP contribution in [0.25, 0.3) is 0 Å². The summed E-state index contributed by atoms with van der Waals surface area (Å²) in [5.74, 6) is -4.94. The van der Waals surface area contributed by atoms with Crippen LogP contribution >= 0.6 is 0 Å². The molecule has 3 atom stereocenters. The van der Waals surface area contributed by atoms with Crippen molar-refractivity contribution in [2.75, 3.05) is 13.1 Å². The third kappa shape index (κ3) is 11.2. The van der Waals surface area contributed by atoms with E-state index in [2.05, 4.69) is 27.3 Å². The molecule has 0 spiro atoms. The molecule has 2 saturated heterocycles. The lowest BCUT2D eigenvalue weighted by atomic mass is 9.91. The highest BCUT2D eigenvalue weighted by Crippen LogP contribution is 2.33. The number of likely N-dealkylation sites (tertiary alicyclic amines) is 1. The Labute approximate surface area is 202 Å². The second-order valence-corrected chi connectivity index (χ2v) is 8.31. The van der Waals surface area contributed by atoms with Gasteiger partial charge in [-0.15, -0.1) is 0 Å². The smallest absolute Gasteiger partial charge is 0.475 e. The highest BCUT2D eigenvalue weighted by Gasteiger charge is 2.42. The highest BCUT2D eigenvalue weighted by molar-refractivity contribution is 5.81. The largest absolute Gasteiger partial charge is 0.490 e. The van der Waals surface area contributed by atoms with Crippen LogP contribution in [0.5, 0.6) is 0 Å². The number of pyridine rings is 1. The molecule has 0 aliphatic carbocycles. The zero-order valence-electron chi connectivity index (χ0n) is 19.3. The number of piperidine rings is 1. The van der Waals surface area contributed by atoms with Crippen molar-refractivity contribution in [3.63, 3.8) is 0 Å². The first kappa shape index (κ1) is 31.1. The fourth-order valence-electron chi connectivity index (χ4n) is 3.43. The lowest BCUT2D eigenvalue weighted by Crippen LogP contribution is -2.42. The predicted octanol–water partition coefficient (Wildman–Crippen LogP) is 2.85. The van der Waals surface area contributed by atoms with Gasteiger partial charge in [0, 0.05) is 31.5 Å². The third-order valence-corrected chi connectivity index (χ3v) is 5.00. The van der Waals surface area contributed by atoms with E-state index in [1.54, 1.807) is 0 Å². The van der Waals surface area contributed by atoms with Crippen LogP contribution in [-0.2, 0) is 25.7 Å². The summed E-state index contributed by atoms with van der Waals surface area (Å²) >= 11 is 0. The first-order valence-electron chi connectivity index (χ1n) is 10.7. The number of carbonyl (C=O) groups is 3. The Bertz CT molecular complexity index is 842. The maximum absolute atomic E-state index is 12.1. The molecule has 0 bridgehead atoms. The number of aliphatic carboxylic acids is 2. The fraction of sp³-hybridized carbons (Fsp3) is 0.619. The van der Waals surface area contributed by atoms with Gasteiger partial charge < -0.3 is 20.3 Å². The quantitative estimate of drug-likeness (QED) is 0.506. The first-order valence-corrected chi connectivity index (χ1v) is 10.7. The number of aromatic nitrogens is 1. The van der Waals surface area contributed by atoms with E-state index in [4.69, 9.17) is 24.5 Å². The Morgan fingerprint density at radius 2 is 1.58 bits per heavy atom. The average molecular weight is 531 g/mol. The molecule has 3 N–H and O–H groups in total. The molecule has 36 heavy (non-hydrogen) atoms. The minimum absolute atomic E-state index is 0.0464. The van der Waals surface area contributed by atoms with Gasteiger partial charge in [-0.3, -0.25) is 14.7 Å². The van der Waals surface area contributed by atoms with Crippen LogP contribution in [0.2, 0.25) is 0 Å². The zero-order chi connectivity index (χ0) is 27.7. The number of ether oxygens (including phenoxy) is 1. The summed E-state index contributed by atoms with van der Waals surface area (Å²) in [6, 6.07) is 4.28. The second kappa shape index (κ2) is 13.4. The van der Waals surface area contributed by atoms with Crippen molar-refractivity contribution in [3.05, 3.63) is 30.1 Å². The van der Waals surface area contributed by atoms with E-state index in [0.29, 0.717) is 5.92 Å². The minimum atomic E-state index is -5.08. The molecule has 2 fully saturated rings. The van der Waals surface area contributed by atoms with Gasteiger partial charge in [-0.05, 0) is 56.8 Å². The van der Waals surface area contributed by atoms with Crippen molar-refractivity contribution in [1.29, 1.82) is 0 Å². The number of carboxylic acid groups (broad SMARTS) is 2. The van der Waals surface area contributed by atoms with Gasteiger partial charge in [0.2, 0.25) is 5.91 Å². The molecular formula is C21H27F6N3O6. The van der Waals surface area contributed by atoms with Crippen LogP contribution in [0.4, 0.5) is 26.3 Å². The molecule has 15 heteroatoms. The van der Waals surface area contributed by atoms with E-state index in [9.17, 15) is 31.1 Å². The van der Waals surface area contributed by atoms with Crippen molar-refractivity contribution < 1.29 is 55.7 Å². The van der Waals surface area contributed by atoms with Crippen molar-refractivity contribution in [2.45, 2.75) is 63.8 Å². The third-order valence-electron chi connectivity index (χ3n) is 5.00. The Kier molecular flexibility index (Phi) is 11.6. The molecule has 0 unspecified atom stereocenters. The molecule has 1 aromatic rings. The molecule has 3 rings (SSSR count). The van der Waals surface area contributed by atoms with Crippen molar-refractivity contribution in [3.8, 4) is 0 Å². The monoisotopic (exact) mass is 531 g/mol. The Morgan fingerprint density at radius 3 is 2.03 bits per heavy atom. The van der Waals surface area contributed by atoms with Crippen molar-refractivity contribution in [1.82, 2.24) is 15.2 Å². The van der Waals surface area contributed by atoms with E-state index >= 15 is 0 Å². The maximum Gasteiger partial charge on any atom is 0.490 e. The number of carbonyl (C=O) groups excluding carboxylic acids is 1. The molecule has 2 aliphatic heterocycles. The molecule has 9 nitrogen and oxygen atoms in total. The first-order chi connectivity index (χ1) is 16.5. The lowest BCUT2D eigenvalue weighted by molar-refractivity contribution is -0.193. The Hall–Kier alpha value is -2.94. The molecular weight excluding hydrogens is 504 g/mol. The van der Waals surface area contributed by atoms with E-state index < -0.39 is 24.3 Å². The van der Waals surface area contributed by atoms with Gasteiger partial charge in [-0.2, -0.15) is 26.3 Å². The molecule has 0 aromatic carbocycles. The predicted molar refractivity (Wildman–Crippen MR) is 112 cm³/mol. The molecule has 2 aliphatic rings. The molecule has 0 radical (unpaired) electrons. The summed E-state index contributed by atoms with van der Waals surface area (Å²) < 4.78 is 69.5. The van der Waals surface area contributed by atoms with Gasteiger partial charge in [0.1, 0.15) is 6.10 Å². The van der Waals surface area contributed by atoms with Crippen LogP contribution in [-0.4, -0.2) is 81.6 Å². The topological polar surface area (TPSA) is 129 Å². The summed E-state index contributed by atoms with van der Waals surface area (Å²) in [6.45, 7) is 6.88. The maximum atomic E-state index is 12.1. The van der Waals surface area contributed by atoms with Crippen LogP contribution in [0, 0.1) is 5.92 Å². The van der Waals surface area contributed by atoms with E-state index in [1.165, 1.54) is 5.56 Å². The summed E-state index contributed by atoms with van der Waals surface area (Å²) in [4.78, 5) is 36.4. The number of carboxylic acids is 2. The SMILES string of the molecule is CC(C)NC(=O)[C@@H]1C[C@@H]2CCN(Cc3ccncc3)C[C@@H]2O1.O=C(O)C(F)(F)F.O=C(O)C(F)(F)F. The lowest BCUT2D eigenvalue weighted by Gasteiger charge is -2.34. The van der Waals surface area contributed by atoms with Gasteiger partial charge >= 0.3 is 24.3 Å². The Balaban J connectivity index is 0.000000383. The minimum Gasteiger partial charge on any atom is -0.475 e. The molecule has 1 amide bonds. The van der Waals surface area contributed by atoms with E-state index in [-0.39, 0.29) is 24.2 Å². The fourth-order valence-corrected chi connectivity index (χ4v) is 3.43. The van der Waals surface area contributed by atoms with Gasteiger partial charge in [0.05, 0.1) is 6.10 Å². The molecule has 0 saturated carbocycles. The number of nitrogens with one attached hydrogen (secondary N) is 1. The van der Waals surface area contributed by atoms with Gasteiger partial charge in [0.25, 0.3) is 0 Å². The molecule has 1 aromatic heterocycles. The highest BCUT2D eigenvalue weighted by atomic mass is 19.4. The van der Waals surface area contributed by atoms with E-state index in [1.807, 2.05) is 26.2 Å². The number of nitrogens with zero attached hydrogens (tertiary/aromatic N) is 2. The van der Waals surface area contributed by atoms with Gasteiger partial charge in [-0.1, -0.05) is 0 Å². The summed E-state index contributed by atoms with van der Waals surface area (Å²) in [6.07, 6.45) is -4.59. The summed E-state index contributed by atoms with van der Waals surface area (Å²) in [7, 11) is 0. The van der Waals surface area contributed by atoms with Gasteiger partial charge in [-0.25, -0.2) is 9.59 Å². The standard InChI is InChI=1S/C17H25N3O2.2C2HF3O2/c1-12(2)19-17(21)15-9-14-5-8-20(11-16(14)22-15)10-13-3-6-18-7-4-13;2*3-2(4,5)1(6)7/h3-4,6-7,12,14-16H,5,8-11H2,1-2H3,(H,19,21);2*(H,6,7)/t14-,15-,16-;;/m0../s1. The normalized spacial score (nSPS) is 21.9.